The zero-order valence-corrected chi connectivity index (χ0v) is 17.4. The third-order valence-electron chi connectivity index (χ3n) is 5.05. The van der Waals surface area contributed by atoms with E-state index in [1.807, 2.05) is 86.7 Å². The van der Waals surface area contributed by atoms with Gasteiger partial charge in [-0.15, -0.1) is 0 Å². The molecule has 0 saturated heterocycles. The number of carbonyl (C=O) groups is 2. The van der Waals surface area contributed by atoms with Crippen LogP contribution in [0.2, 0.25) is 0 Å². The van der Waals surface area contributed by atoms with Gasteiger partial charge in [0.2, 0.25) is 0 Å². The first kappa shape index (κ1) is 21.4. The van der Waals surface area contributed by atoms with Crippen molar-refractivity contribution in [2.24, 2.45) is 0 Å². The predicted octanol–water partition coefficient (Wildman–Crippen LogP) is 4.66. The monoisotopic (exact) mass is 408 g/mol. The Bertz CT molecular complexity index is 869. The van der Waals surface area contributed by atoms with Crippen LogP contribution < -0.4 is 5.32 Å². The molecule has 2 aromatic rings. The number of amides is 2. The fourth-order valence-corrected chi connectivity index (χ4v) is 3.34. The lowest BCUT2D eigenvalue weighted by molar-refractivity contribution is 0.0755. The minimum absolute atomic E-state index is 0.141. The standard InChI is InChI=1S/C24H28N2O4/c1-19-10-9-15-24(2,25-22(27)29-16-20-11-5-3-6-12-20)18-26(19)23(28)30-17-21-13-7-4-8-14-21/h3-14,19H,15-18H2,1-2H3,(H,25,27)/t19-,24-/m0/s1. The summed E-state index contributed by atoms with van der Waals surface area (Å²) in [6.07, 6.45) is 3.59. The molecule has 0 bridgehead atoms. The van der Waals surface area contributed by atoms with E-state index in [2.05, 4.69) is 5.32 Å². The van der Waals surface area contributed by atoms with E-state index in [0.717, 1.165) is 11.1 Å². The number of rotatable bonds is 5. The lowest BCUT2D eigenvalue weighted by Gasteiger charge is -2.35. The highest BCUT2D eigenvalue weighted by Gasteiger charge is 2.35. The second kappa shape index (κ2) is 9.96. The number of hydrogen-bond acceptors (Lipinski definition) is 4. The van der Waals surface area contributed by atoms with Crippen LogP contribution >= 0.6 is 0 Å². The van der Waals surface area contributed by atoms with Gasteiger partial charge in [-0.05, 0) is 31.4 Å². The largest absolute Gasteiger partial charge is 0.445 e. The van der Waals surface area contributed by atoms with Crippen molar-refractivity contribution in [1.29, 1.82) is 0 Å². The van der Waals surface area contributed by atoms with Crippen molar-refractivity contribution in [3.8, 4) is 0 Å². The number of carbonyl (C=O) groups excluding carboxylic acids is 2. The van der Waals surface area contributed by atoms with E-state index in [0.29, 0.717) is 13.0 Å². The summed E-state index contributed by atoms with van der Waals surface area (Å²) in [5.74, 6) is 0. The maximum atomic E-state index is 12.7. The van der Waals surface area contributed by atoms with Gasteiger partial charge in [-0.1, -0.05) is 72.8 Å². The molecule has 1 aliphatic rings. The molecular weight excluding hydrogens is 380 g/mol. The highest BCUT2D eigenvalue weighted by molar-refractivity contribution is 5.70. The van der Waals surface area contributed by atoms with Crippen molar-refractivity contribution in [1.82, 2.24) is 10.2 Å². The minimum Gasteiger partial charge on any atom is -0.445 e. The van der Waals surface area contributed by atoms with Crippen LogP contribution in [0.3, 0.4) is 0 Å². The fourth-order valence-electron chi connectivity index (χ4n) is 3.34. The SMILES string of the molecule is C[C@H]1C=CC[C@](C)(NC(=O)OCc2ccccc2)CN1C(=O)OCc1ccccc1. The number of benzene rings is 2. The number of hydrogen-bond donors (Lipinski definition) is 1. The zero-order valence-electron chi connectivity index (χ0n) is 17.4. The second-order valence-corrected chi connectivity index (χ2v) is 7.79. The van der Waals surface area contributed by atoms with E-state index in [1.165, 1.54) is 0 Å². The molecule has 0 unspecified atom stereocenters. The summed E-state index contributed by atoms with van der Waals surface area (Å²) in [6, 6.07) is 18.9. The van der Waals surface area contributed by atoms with Crippen molar-refractivity contribution in [2.75, 3.05) is 6.54 Å². The summed E-state index contributed by atoms with van der Waals surface area (Å²) in [4.78, 5) is 26.8. The van der Waals surface area contributed by atoms with Crippen LogP contribution in [0.15, 0.2) is 72.8 Å². The van der Waals surface area contributed by atoms with Gasteiger partial charge in [-0.3, -0.25) is 4.90 Å². The van der Waals surface area contributed by atoms with Gasteiger partial charge in [-0.2, -0.15) is 0 Å². The van der Waals surface area contributed by atoms with Crippen LogP contribution in [0, 0.1) is 0 Å². The molecular formula is C24H28N2O4. The van der Waals surface area contributed by atoms with Gasteiger partial charge in [0, 0.05) is 6.54 Å². The van der Waals surface area contributed by atoms with Crippen molar-refractivity contribution in [3.63, 3.8) is 0 Å². The molecule has 3 rings (SSSR count). The maximum Gasteiger partial charge on any atom is 0.410 e. The molecule has 0 saturated carbocycles. The molecule has 2 atom stereocenters. The molecule has 6 nitrogen and oxygen atoms in total. The number of ether oxygens (including phenoxy) is 2. The summed E-state index contributed by atoms with van der Waals surface area (Å²) < 4.78 is 10.9. The molecule has 6 heteroatoms. The van der Waals surface area contributed by atoms with Gasteiger partial charge in [0.15, 0.2) is 0 Å². The first-order chi connectivity index (χ1) is 14.5. The Balaban J connectivity index is 1.58. The molecule has 158 valence electrons. The second-order valence-electron chi connectivity index (χ2n) is 7.79. The molecule has 2 aromatic carbocycles. The Hall–Kier alpha value is -3.28. The molecule has 1 N–H and O–H groups in total. The first-order valence-electron chi connectivity index (χ1n) is 10.1. The van der Waals surface area contributed by atoms with Gasteiger partial charge in [0.1, 0.15) is 13.2 Å². The summed E-state index contributed by atoms with van der Waals surface area (Å²) in [6.45, 7) is 4.54. The Morgan fingerprint density at radius 3 is 2.17 bits per heavy atom. The Morgan fingerprint density at radius 2 is 1.57 bits per heavy atom. The summed E-state index contributed by atoms with van der Waals surface area (Å²) in [5, 5.41) is 2.92. The van der Waals surface area contributed by atoms with Gasteiger partial charge < -0.3 is 14.8 Å². The van der Waals surface area contributed by atoms with Crippen LogP contribution in [-0.2, 0) is 22.7 Å². The van der Waals surface area contributed by atoms with E-state index in [-0.39, 0.29) is 19.3 Å². The quantitative estimate of drug-likeness (QED) is 0.731. The van der Waals surface area contributed by atoms with E-state index in [9.17, 15) is 9.59 Å². The van der Waals surface area contributed by atoms with Crippen LogP contribution in [0.25, 0.3) is 0 Å². The molecule has 0 fully saturated rings. The number of nitrogens with zero attached hydrogens (tertiary/aromatic N) is 1. The van der Waals surface area contributed by atoms with Gasteiger partial charge in [-0.25, -0.2) is 9.59 Å². The Kier molecular flexibility index (Phi) is 7.12. The molecule has 1 heterocycles. The van der Waals surface area contributed by atoms with Gasteiger partial charge in [0.05, 0.1) is 11.6 Å². The molecule has 30 heavy (non-hydrogen) atoms. The van der Waals surface area contributed by atoms with Crippen molar-refractivity contribution in [3.05, 3.63) is 83.9 Å². The number of alkyl carbamates (subject to hydrolysis) is 1. The molecule has 0 aliphatic carbocycles. The third kappa shape index (κ3) is 6.11. The summed E-state index contributed by atoms with van der Waals surface area (Å²) in [7, 11) is 0. The smallest absolute Gasteiger partial charge is 0.410 e. The van der Waals surface area contributed by atoms with Gasteiger partial charge >= 0.3 is 12.2 Å². The molecule has 1 aliphatic heterocycles. The first-order valence-corrected chi connectivity index (χ1v) is 10.1. The summed E-state index contributed by atoms with van der Waals surface area (Å²) in [5.41, 5.74) is 1.17. The zero-order chi connectivity index (χ0) is 21.4. The number of nitrogens with one attached hydrogen (secondary N) is 1. The van der Waals surface area contributed by atoms with Crippen molar-refractivity contribution in [2.45, 2.75) is 45.1 Å². The molecule has 0 spiro atoms. The van der Waals surface area contributed by atoms with Gasteiger partial charge in [0.25, 0.3) is 0 Å². The molecule has 0 radical (unpaired) electrons. The maximum absolute atomic E-state index is 12.7. The average Bonchev–Trinajstić information content (AvgIpc) is 2.90. The average molecular weight is 408 g/mol. The van der Waals surface area contributed by atoms with Crippen LogP contribution in [-0.4, -0.2) is 35.2 Å². The predicted molar refractivity (Wildman–Crippen MR) is 115 cm³/mol. The van der Waals surface area contributed by atoms with Crippen molar-refractivity contribution >= 4 is 12.2 Å². The summed E-state index contributed by atoms with van der Waals surface area (Å²) >= 11 is 0. The lowest BCUT2D eigenvalue weighted by atomic mass is 9.98. The normalized spacial score (nSPS) is 20.9. The van der Waals surface area contributed by atoms with E-state index in [1.54, 1.807) is 4.90 Å². The highest BCUT2D eigenvalue weighted by Crippen LogP contribution is 2.21. The third-order valence-corrected chi connectivity index (χ3v) is 5.05. The lowest BCUT2D eigenvalue weighted by Crippen LogP contribution is -2.55. The topological polar surface area (TPSA) is 67.9 Å². The highest BCUT2D eigenvalue weighted by atomic mass is 16.6. The van der Waals surface area contributed by atoms with Crippen LogP contribution in [0.1, 0.15) is 31.4 Å². The van der Waals surface area contributed by atoms with Crippen LogP contribution in [0.4, 0.5) is 9.59 Å². The Morgan fingerprint density at radius 1 is 1.00 bits per heavy atom. The van der Waals surface area contributed by atoms with E-state index in [4.69, 9.17) is 9.47 Å². The van der Waals surface area contributed by atoms with E-state index >= 15 is 0 Å². The van der Waals surface area contributed by atoms with Crippen LogP contribution in [0.5, 0.6) is 0 Å². The Labute approximate surface area is 177 Å². The molecule has 2 amide bonds. The van der Waals surface area contributed by atoms with Crippen molar-refractivity contribution < 1.29 is 19.1 Å². The van der Waals surface area contributed by atoms with E-state index < -0.39 is 17.7 Å². The fraction of sp³-hybridized carbons (Fsp3) is 0.333. The molecule has 0 aromatic heterocycles. The minimum atomic E-state index is -0.666.